The summed E-state index contributed by atoms with van der Waals surface area (Å²) in [5, 5.41) is 0. The smallest absolute Gasteiger partial charge is 0.00922 e. The number of hydrogen-bond donors (Lipinski definition) is 1. The Balaban J connectivity index is 2.16. The molecule has 0 aromatic carbocycles. The summed E-state index contributed by atoms with van der Waals surface area (Å²) in [6, 6.07) is 0.862. The van der Waals surface area contributed by atoms with Crippen LogP contribution >= 0.6 is 0 Å². The molecule has 102 valence electrons. The molecule has 0 spiro atoms. The topological polar surface area (TPSA) is 29.3 Å². The standard InChI is InChI=1S/C15H32N2/c1-15(2,11-12-16)10-7-13-17(3)14-8-5-4-6-9-14/h14H,4-13,16H2,1-3H3. The Hall–Kier alpha value is -0.0800. The zero-order valence-electron chi connectivity index (χ0n) is 12.2. The first-order chi connectivity index (χ1) is 8.05. The maximum Gasteiger partial charge on any atom is 0.00922 e. The van der Waals surface area contributed by atoms with Crippen molar-refractivity contribution in [1.82, 2.24) is 4.90 Å². The quantitative estimate of drug-likeness (QED) is 0.739. The summed E-state index contributed by atoms with van der Waals surface area (Å²) >= 11 is 0. The molecule has 2 N–H and O–H groups in total. The highest BCUT2D eigenvalue weighted by Gasteiger charge is 2.20. The van der Waals surface area contributed by atoms with Gasteiger partial charge in [0.15, 0.2) is 0 Å². The van der Waals surface area contributed by atoms with Gasteiger partial charge in [-0.1, -0.05) is 33.1 Å². The van der Waals surface area contributed by atoms with E-state index in [0.717, 1.165) is 19.0 Å². The van der Waals surface area contributed by atoms with Gasteiger partial charge in [0, 0.05) is 6.04 Å². The van der Waals surface area contributed by atoms with E-state index in [1.165, 1.54) is 51.5 Å². The lowest BCUT2D eigenvalue weighted by Gasteiger charge is -2.32. The van der Waals surface area contributed by atoms with E-state index in [9.17, 15) is 0 Å². The van der Waals surface area contributed by atoms with E-state index in [2.05, 4.69) is 25.8 Å². The molecule has 2 heteroatoms. The zero-order chi connectivity index (χ0) is 12.7. The minimum atomic E-state index is 0.433. The van der Waals surface area contributed by atoms with Crippen molar-refractivity contribution in [3.63, 3.8) is 0 Å². The highest BCUT2D eigenvalue weighted by Crippen LogP contribution is 2.27. The van der Waals surface area contributed by atoms with E-state index in [-0.39, 0.29) is 0 Å². The average Bonchev–Trinajstić information content (AvgIpc) is 2.29. The molecule has 1 saturated carbocycles. The van der Waals surface area contributed by atoms with Gasteiger partial charge in [-0.2, -0.15) is 0 Å². The van der Waals surface area contributed by atoms with Crippen molar-refractivity contribution in [3.05, 3.63) is 0 Å². The Morgan fingerprint density at radius 1 is 1.12 bits per heavy atom. The minimum Gasteiger partial charge on any atom is -0.330 e. The predicted octanol–water partition coefficient (Wildman–Crippen LogP) is 3.41. The van der Waals surface area contributed by atoms with Crippen molar-refractivity contribution >= 4 is 0 Å². The van der Waals surface area contributed by atoms with Crippen LogP contribution in [0.4, 0.5) is 0 Å². The first kappa shape index (κ1) is 15.0. The van der Waals surface area contributed by atoms with Gasteiger partial charge in [-0.3, -0.25) is 0 Å². The van der Waals surface area contributed by atoms with Crippen molar-refractivity contribution in [3.8, 4) is 0 Å². The molecule has 0 radical (unpaired) electrons. The molecule has 1 rings (SSSR count). The molecule has 0 unspecified atom stereocenters. The van der Waals surface area contributed by atoms with E-state index in [1.54, 1.807) is 0 Å². The number of rotatable bonds is 7. The van der Waals surface area contributed by atoms with Crippen molar-refractivity contribution in [2.45, 2.75) is 71.3 Å². The first-order valence-electron chi connectivity index (χ1n) is 7.45. The zero-order valence-corrected chi connectivity index (χ0v) is 12.2. The third-order valence-electron chi connectivity index (χ3n) is 4.38. The van der Waals surface area contributed by atoms with E-state index >= 15 is 0 Å². The highest BCUT2D eigenvalue weighted by atomic mass is 15.1. The van der Waals surface area contributed by atoms with Gasteiger partial charge in [0.05, 0.1) is 0 Å². The van der Waals surface area contributed by atoms with E-state index in [1.807, 2.05) is 0 Å². The van der Waals surface area contributed by atoms with Crippen LogP contribution in [0, 0.1) is 5.41 Å². The fourth-order valence-electron chi connectivity index (χ4n) is 3.03. The summed E-state index contributed by atoms with van der Waals surface area (Å²) in [5.74, 6) is 0. The molecule has 0 aliphatic heterocycles. The van der Waals surface area contributed by atoms with Crippen LogP contribution in [0.3, 0.4) is 0 Å². The predicted molar refractivity (Wildman–Crippen MR) is 76.2 cm³/mol. The highest BCUT2D eigenvalue weighted by molar-refractivity contribution is 4.75. The van der Waals surface area contributed by atoms with E-state index in [4.69, 9.17) is 5.73 Å². The Bertz CT molecular complexity index is 195. The van der Waals surface area contributed by atoms with Crippen molar-refractivity contribution in [2.75, 3.05) is 20.1 Å². The van der Waals surface area contributed by atoms with Crippen LogP contribution in [0.15, 0.2) is 0 Å². The van der Waals surface area contributed by atoms with E-state index in [0.29, 0.717) is 5.41 Å². The molecule has 0 heterocycles. The van der Waals surface area contributed by atoms with Crippen LogP contribution in [0.2, 0.25) is 0 Å². The van der Waals surface area contributed by atoms with Gasteiger partial charge in [0.25, 0.3) is 0 Å². The van der Waals surface area contributed by atoms with Crippen LogP contribution in [0.1, 0.15) is 65.2 Å². The Morgan fingerprint density at radius 3 is 2.35 bits per heavy atom. The summed E-state index contributed by atoms with van der Waals surface area (Å²) in [6.45, 7) is 6.78. The monoisotopic (exact) mass is 240 g/mol. The Labute approximate surface area is 108 Å². The SMILES string of the molecule is CN(CCCC(C)(C)CCN)C1CCCCC1. The molecule has 1 aliphatic carbocycles. The first-order valence-corrected chi connectivity index (χ1v) is 7.45. The Morgan fingerprint density at radius 2 is 1.76 bits per heavy atom. The number of nitrogens with zero attached hydrogens (tertiary/aromatic N) is 1. The fourth-order valence-corrected chi connectivity index (χ4v) is 3.03. The minimum absolute atomic E-state index is 0.433. The molecule has 0 aromatic rings. The summed E-state index contributed by atoms with van der Waals surface area (Å²) in [6.07, 6.45) is 10.9. The van der Waals surface area contributed by atoms with Crippen molar-refractivity contribution in [2.24, 2.45) is 11.1 Å². The maximum absolute atomic E-state index is 5.65. The third kappa shape index (κ3) is 5.87. The maximum atomic E-state index is 5.65. The van der Waals surface area contributed by atoms with Crippen LogP contribution in [0.25, 0.3) is 0 Å². The van der Waals surface area contributed by atoms with Gasteiger partial charge in [-0.25, -0.2) is 0 Å². The average molecular weight is 240 g/mol. The van der Waals surface area contributed by atoms with Crippen LogP contribution < -0.4 is 5.73 Å². The van der Waals surface area contributed by atoms with Gasteiger partial charge in [0.1, 0.15) is 0 Å². The van der Waals surface area contributed by atoms with Gasteiger partial charge in [-0.05, 0) is 57.7 Å². The fraction of sp³-hybridized carbons (Fsp3) is 1.00. The normalized spacial score (nSPS) is 18.9. The molecule has 1 aliphatic rings. The molecule has 0 bridgehead atoms. The second-order valence-electron chi connectivity index (χ2n) is 6.58. The van der Waals surface area contributed by atoms with Gasteiger partial charge in [0.2, 0.25) is 0 Å². The summed E-state index contributed by atoms with van der Waals surface area (Å²) < 4.78 is 0. The molecule has 17 heavy (non-hydrogen) atoms. The van der Waals surface area contributed by atoms with Gasteiger partial charge >= 0.3 is 0 Å². The van der Waals surface area contributed by atoms with Gasteiger partial charge in [-0.15, -0.1) is 0 Å². The molecular weight excluding hydrogens is 208 g/mol. The second kappa shape index (κ2) is 7.38. The molecule has 0 saturated heterocycles. The lowest BCUT2D eigenvalue weighted by molar-refractivity contribution is 0.177. The lowest BCUT2D eigenvalue weighted by Crippen LogP contribution is -2.34. The van der Waals surface area contributed by atoms with Crippen molar-refractivity contribution < 1.29 is 0 Å². The van der Waals surface area contributed by atoms with Crippen LogP contribution in [-0.4, -0.2) is 31.1 Å². The summed E-state index contributed by atoms with van der Waals surface area (Å²) in [5.41, 5.74) is 6.09. The number of hydrogen-bond acceptors (Lipinski definition) is 2. The molecule has 1 fully saturated rings. The molecule has 2 nitrogen and oxygen atoms in total. The molecule has 0 amide bonds. The second-order valence-corrected chi connectivity index (χ2v) is 6.58. The van der Waals surface area contributed by atoms with Crippen molar-refractivity contribution in [1.29, 1.82) is 0 Å². The molecular formula is C15H32N2. The van der Waals surface area contributed by atoms with Gasteiger partial charge < -0.3 is 10.6 Å². The Kier molecular flexibility index (Phi) is 6.50. The molecule has 0 aromatic heterocycles. The summed E-state index contributed by atoms with van der Waals surface area (Å²) in [7, 11) is 2.31. The summed E-state index contributed by atoms with van der Waals surface area (Å²) in [4.78, 5) is 2.59. The third-order valence-corrected chi connectivity index (χ3v) is 4.38. The van der Waals surface area contributed by atoms with Crippen LogP contribution in [-0.2, 0) is 0 Å². The largest absolute Gasteiger partial charge is 0.330 e. The lowest BCUT2D eigenvalue weighted by atomic mass is 9.84. The number of nitrogens with two attached hydrogens (primary N) is 1. The molecule has 0 atom stereocenters. The van der Waals surface area contributed by atoms with Crippen LogP contribution in [0.5, 0.6) is 0 Å². The van der Waals surface area contributed by atoms with E-state index < -0.39 is 0 Å².